The number of Topliss-reactive ketones (excluding diaryl/α,β-unsaturated/α-hetero) is 1. The Kier molecular flexibility index (Phi) is 11.8. The highest BCUT2D eigenvalue weighted by atomic mass is 16.8. The van der Waals surface area contributed by atoms with Gasteiger partial charge in [-0.05, 0) is 74.5 Å². The first-order chi connectivity index (χ1) is 26.4. The fraction of sp³-hybridized carbons (Fsp3) is 0.947. The lowest BCUT2D eigenvalue weighted by Gasteiger charge is -2.64. The Hall–Kier alpha value is -1.46. The van der Waals surface area contributed by atoms with Crippen LogP contribution >= 0.6 is 0 Å². The van der Waals surface area contributed by atoms with Gasteiger partial charge in [-0.15, -0.1) is 0 Å². The number of aliphatic hydroxyl groups excluding tert-OH is 10. The van der Waals surface area contributed by atoms with Gasteiger partial charge in [0.05, 0.1) is 25.2 Å². The molecule has 3 saturated heterocycles. The molecule has 0 aromatic carbocycles. The minimum atomic E-state index is -1.96. The van der Waals surface area contributed by atoms with Crippen molar-refractivity contribution < 1.29 is 89.1 Å². The summed E-state index contributed by atoms with van der Waals surface area (Å²) in [7, 11) is 0. The topological polar surface area (TPSA) is 292 Å². The molecule has 0 amide bonds. The van der Waals surface area contributed by atoms with Crippen LogP contribution in [0.5, 0.6) is 0 Å². The molecule has 0 aromatic rings. The first kappa shape index (κ1) is 42.7. The Morgan fingerprint density at radius 3 is 1.73 bits per heavy atom. The Morgan fingerprint density at radius 1 is 0.643 bits per heavy atom. The number of aliphatic hydroxyl groups is 10. The predicted molar refractivity (Wildman–Crippen MR) is 185 cm³/mol. The average Bonchev–Trinajstić information content (AvgIpc) is 3.35. The molecule has 3 aliphatic heterocycles. The molecule has 2 bridgehead atoms. The van der Waals surface area contributed by atoms with Crippen molar-refractivity contribution in [3.05, 3.63) is 0 Å². The zero-order chi connectivity index (χ0) is 40.7. The monoisotopic (exact) mass is 804 g/mol. The summed E-state index contributed by atoms with van der Waals surface area (Å²) in [5, 5.41) is 105. The van der Waals surface area contributed by atoms with Crippen LogP contribution in [0.4, 0.5) is 0 Å². The van der Waals surface area contributed by atoms with E-state index in [9.17, 15) is 60.7 Å². The highest BCUT2D eigenvalue weighted by Gasteiger charge is 2.69. The normalized spacial score (nSPS) is 54.6. The molecule has 4 aliphatic carbocycles. The molecule has 7 fully saturated rings. The maximum absolute atomic E-state index is 14.8. The van der Waals surface area contributed by atoms with Crippen LogP contribution in [0, 0.1) is 33.5 Å². The zero-order valence-corrected chi connectivity index (χ0v) is 32.0. The molecule has 7 aliphatic rings. The van der Waals surface area contributed by atoms with Crippen molar-refractivity contribution in [1.29, 1.82) is 0 Å². The maximum atomic E-state index is 14.8. The summed E-state index contributed by atoms with van der Waals surface area (Å²) in [6.07, 6.45) is -20.0. The number of hydrogen-bond donors (Lipinski definition) is 10. The second kappa shape index (κ2) is 15.5. The molecule has 21 atom stereocenters. The number of esters is 1. The van der Waals surface area contributed by atoms with Gasteiger partial charge >= 0.3 is 5.97 Å². The number of carbonyl (C=O) groups is 2. The Bertz CT molecular complexity index is 1450. The SMILES string of the molecule is CC12CCC3C(CCC4C(C)(C(=O)OC5OC(CO)C(O)C(OC6OC(CO)C(O)C(O)C6O)C5OC5OC(CO)C(O)C(O)C5O)CCCC34C)(CC1=O)C2. The lowest BCUT2D eigenvalue weighted by molar-refractivity contribution is -0.388. The standard InChI is InChI=1S/C38H60O18/c1-35-9-5-20-36(2)7-4-8-37(3,19(36)6-10-38(20,15-35)11-21(35)42)34(50)56-33-30(55-32-28(49)26(47)23(44)17(13-40)52-32)29(24(45)18(14-41)53-33)54-31-27(48)25(46)22(43)16(12-39)51-31/h16-20,22-33,39-41,43-49H,4-15H2,1-3H3. The summed E-state index contributed by atoms with van der Waals surface area (Å²) < 4.78 is 35.3. The van der Waals surface area contributed by atoms with Crippen molar-refractivity contribution in [3.8, 4) is 0 Å². The molecular formula is C38H60O18. The van der Waals surface area contributed by atoms with Crippen molar-refractivity contribution in [2.24, 2.45) is 33.5 Å². The van der Waals surface area contributed by atoms with Crippen LogP contribution in [0.2, 0.25) is 0 Å². The smallest absolute Gasteiger partial charge is 0.314 e. The largest absolute Gasteiger partial charge is 0.432 e. The van der Waals surface area contributed by atoms with E-state index in [4.69, 9.17) is 28.4 Å². The number of carbonyl (C=O) groups excluding carboxylic acids is 2. The molecule has 0 aromatic heterocycles. The Labute approximate surface area is 324 Å². The van der Waals surface area contributed by atoms with Gasteiger partial charge in [-0.2, -0.15) is 0 Å². The van der Waals surface area contributed by atoms with Crippen molar-refractivity contribution in [3.63, 3.8) is 0 Å². The number of ether oxygens (including phenoxy) is 6. The molecule has 3 heterocycles. The lowest BCUT2D eigenvalue weighted by Crippen LogP contribution is -2.67. The van der Waals surface area contributed by atoms with Gasteiger partial charge in [-0.1, -0.05) is 20.3 Å². The van der Waals surface area contributed by atoms with Crippen LogP contribution in [0.25, 0.3) is 0 Å². The zero-order valence-electron chi connectivity index (χ0n) is 32.0. The number of rotatable bonds is 9. The average molecular weight is 805 g/mol. The van der Waals surface area contributed by atoms with E-state index in [1.807, 2.05) is 6.92 Å². The first-order valence-corrected chi connectivity index (χ1v) is 20.0. The summed E-state index contributed by atoms with van der Waals surface area (Å²) in [6, 6.07) is 0. The molecule has 1 spiro atoms. The van der Waals surface area contributed by atoms with E-state index in [-0.39, 0.29) is 28.1 Å². The van der Waals surface area contributed by atoms with E-state index >= 15 is 0 Å². The van der Waals surface area contributed by atoms with E-state index in [1.54, 1.807) is 0 Å². The van der Waals surface area contributed by atoms with Gasteiger partial charge in [0.25, 0.3) is 0 Å². The molecule has 320 valence electrons. The fourth-order valence-corrected chi connectivity index (χ4v) is 12.1. The second-order valence-electron chi connectivity index (χ2n) is 18.4. The predicted octanol–water partition coefficient (Wildman–Crippen LogP) is -2.65. The van der Waals surface area contributed by atoms with E-state index in [0.717, 1.165) is 32.1 Å². The minimum Gasteiger partial charge on any atom is -0.432 e. The Balaban J connectivity index is 1.20. The van der Waals surface area contributed by atoms with Crippen LogP contribution in [-0.2, 0) is 38.0 Å². The summed E-state index contributed by atoms with van der Waals surface area (Å²) in [4.78, 5) is 28.0. The highest BCUT2D eigenvalue weighted by Crippen LogP contribution is 2.73. The van der Waals surface area contributed by atoms with Gasteiger partial charge in [-0.3, -0.25) is 9.59 Å². The van der Waals surface area contributed by atoms with Crippen molar-refractivity contribution in [1.82, 2.24) is 0 Å². The molecular weight excluding hydrogens is 744 g/mol. The third-order valence-electron chi connectivity index (χ3n) is 15.1. The quantitative estimate of drug-likeness (QED) is 0.107. The minimum absolute atomic E-state index is 0.117. The molecule has 18 heteroatoms. The third-order valence-corrected chi connectivity index (χ3v) is 15.1. The van der Waals surface area contributed by atoms with Crippen LogP contribution in [-0.4, -0.2) is 175 Å². The summed E-state index contributed by atoms with van der Waals surface area (Å²) in [5.74, 6) is -0.291. The summed E-state index contributed by atoms with van der Waals surface area (Å²) >= 11 is 0. The number of hydrogen-bond acceptors (Lipinski definition) is 18. The van der Waals surface area contributed by atoms with Gasteiger partial charge < -0.3 is 79.5 Å². The summed E-state index contributed by atoms with van der Waals surface area (Å²) in [5.41, 5.74) is -1.80. The molecule has 0 radical (unpaired) electrons. The van der Waals surface area contributed by atoms with Crippen LogP contribution in [0.15, 0.2) is 0 Å². The lowest BCUT2D eigenvalue weighted by atomic mass is 9.40. The van der Waals surface area contributed by atoms with Crippen molar-refractivity contribution in [2.75, 3.05) is 19.8 Å². The molecule has 7 rings (SSSR count). The number of ketones is 1. The van der Waals surface area contributed by atoms with Crippen molar-refractivity contribution in [2.45, 2.75) is 171 Å². The highest BCUT2D eigenvalue weighted by molar-refractivity contribution is 5.88. The molecule has 10 N–H and O–H groups in total. The van der Waals surface area contributed by atoms with Gasteiger partial charge in [-0.25, -0.2) is 0 Å². The molecule has 21 unspecified atom stereocenters. The van der Waals surface area contributed by atoms with Gasteiger partial charge in [0.1, 0.15) is 72.9 Å². The fourth-order valence-electron chi connectivity index (χ4n) is 12.1. The Morgan fingerprint density at radius 2 is 1.16 bits per heavy atom. The molecule has 18 nitrogen and oxygen atoms in total. The number of fused-ring (bicyclic) bond motifs is 3. The van der Waals surface area contributed by atoms with E-state index < -0.39 is 123 Å². The van der Waals surface area contributed by atoms with Crippen LogP contribution in [0.3, 0.4) is 0 Å². The van der Waals surface area contributed by atoms with E-state index in [1.165, 1.54) is 0 Å². The van der Waals surface area contributed by atoms with Crippen molar-refractivity contribution >= 4 is 11.8 Å². The second-order valence-corrected chi connectivity index (χ2v) is 18.4. The van der Waals surface area contributed by atoms with Gasteiger partial charge in [0.15, 0.2) is 18.7 Å². The van der Waals surface area contributed by atoms with Gasteiger partial charge in [0, 0.05) is 11.8 Å². The first-order valence-electron chi connectivity index (χ1n) is 20.0. The maximum Gasteiger partial charge on any atom is 0.314 e. The van der Waals surface area contributed by atoms with Crippen LogP contribution < -0.4 is 0 Å². The third kappa shape index (κ3) is 6.77. The summed E-state index contributed by atoms with van der Waals surface area (Å²) in [6.45, 7) is 3.70. The van der Waals surface area contributed by atoms with E-state index in [2.05, 4.69) is 13.8 Å². The molecule has 4 saturated carbocycles. The van der Waals surface area contributed by atoms with Gasteiger partial charge in [0.2, 0.25) is 6.29 Å². The van der Waals surface area contributed by atoms with Crippen LogP contribution in [0.1, 0.15) is 78.6 Å². The molecule has 56 heavy (non-hydrogen) atoms. The van der Waals surface area contributed by atoms with E-state index in [0.29, 0.717) is 31.5 Å².